The number of likely N-dealkylation sites (tertiary alicyclic amines) is 1. The quantitative estimate of drug-likeness (QED) is 0.308. The van der Waals surface area contributed by atoms with E-state index in [0.717, 1.165) is 6.42 Å². The number of nitrogens with zero attached hydrogens (tertiary/aromatic N) is 3. The number of amides is 3. The van der Waals surface area contributed by atoms with Crippen LogP contribution in [0, 0.1) is 17.3 Å². The highest BCUT2D eigenvalue weighted by atomic mass is 16.5. The van der Waals surface area contributed by atoms with E-state index < -0.39 is 34.6 Å². The fourth-order valence-electron chi connectivity index (χ4n) is 7.54. The van der Waals surface area contributed by atoms with Gasteiger partial charge in [-0.1, -0.05) is 32.9 Å². The van der Waals surface area contributed by atoms with E-state index in [1.54, 1.807) is 29.0 Å². The molecule has 3 saturated heterocycles. The van der Waals surface area contributed by atoms with E-state index in [9.17, 15) is 19.5 Å². The van der Waals surface area contributed by atoms with Crippen LogP contribution in [0.4, 0.5) is 0 Å². The van der Waals surface area contributed by atoms with E-state index >= 15 is 0 Å². The molecule has 1 N–H and O–H groups in total. The zero-order chi connectivity index (χ0) is 28.7. The van der Waals surface area contributed by atoms with Crippen LogP contribution in [0.1, 0.15) is 73.6 Å². The van der Waals surface area contributed by atoms with Gasteiger partial charge in [-0.05, 0) is 58.3 Å². The molecule has 8 heteroatoms. The molecule has 3 aliphatic heterocycles. The Hall–Kier alpha value is -2.19. The second-order valence-corrected chi connectivity index (χ2v) is 13.5. The number of ether oxygens (including phenoxy) is 1. The Bertz CT molecular complexity index is 956. The number of likely N-dealkylation sites (N-methyl/N-ethyl adjacent to an activating group) is 1. The molecule has 3 amide bonds. The summed E-state index contributed by atoms with van der Waals surface area (Å²) in [5, 5.41) is 9.41. The number of aliphatic hydroxyl groups excluding tert-OH is 1. The maximum absolute atomic E-state index is 14.6. The summed E-state index contributed by atoms with van der Waals surface area (Å²) in [6.07, 6.45) is 6.39. The average Bonchev–Trinajstić information content (AvgIpc) is 3.36. The summed E-state index contributed by atoms with van der Waals surface area (Å²) in [4.78, 5) is 47.6. The zero-order valence-electron chi connectivity index (χ0n) is 24.6. The lowest BCUT2D eigenvalue weighted by atomic mass is 9.66. The lowest BCUT2D eigenvalue weighted by Gasteiger charge is -2.45. The topological polar surface area (TPSA) is 90.4 Å². The second kappa shape index (κ2) is 10.8. The van der Waals surface area contributed by atoms with Gasteiger partial charge in [0.25, 0.3) is 0 Å². The van der Waals surface area contributed by atoms with Gasteiger partial charge in [0.1, 0.15) is 11.6 Å². The molecule has 5 atom stereocenters. The van der Waals surface area contributed by atoms with E-state index in [1.165, 1.54) is 0 Å². The predicted octanol–water partition coefficient (Wildman–Crippen LogP) is 3.40. The number of aliphatic hydroxyl groups is 1. The smallest absolute Gasteiger partial charge is 0.249 e. The molecule has 3 aliphatic rings. The number of carbonyl (C=O) groups excluding carboxylic acids is 3. The largest absolute Gasteiger partial charge is 0.396 e. The molecule has 38 heavy (non-hydrogen) atoms. The van der Waals surface area contributed by atoms with Gasteiger partial charge in [0.2, 0.25) is 17.7 Å². The minimum Gasteiger partial charge on any atom is -0.396 e. The molecular formula is C30H49N3O5. The molecule has 0 saturated carbocycles. The Balaban J connectivity index is 2.10. The molecule has 8 nitrogen and oxygen atoms in total. The normalized spacial score (nSPS) is 30.4. The maximum Gasteiger partial charge on any atom is 0.249 e. The molecule has 2 bridgehead atoms. The van der Waals surface area contributed by atoms with Crippen LogP contribution in [0.5, 0.6) is 0 Å². The van der Waals surface area contributed by atoms with Crippen molar-refractivity contribution in [3.05, 3.63) is 25.3 Å². The molecule has 3 heterocycles. The number of unbranched alkanes of at least 4 members (excludes halogenated alkanes) is 1. The van der Waals surface area contributed by atoms with Crippen molar-refractivity contribution >= 4 is 17.7 Å². The molecular weight excluding hydrogens is 482 g/mol. The molecule has 0 aromatic heterocycles. The van der Waals surface area contributed by atoms with Crippen LogP contribution in [0.15, 0.2) is 25.3 Å². The van der Waals surface area contributed by atoms with Crippen molar-refractivity contribution in [1.29, 1.82) is 0 Å². The van der Waals surface area contributed by atoms with Crippen LogP contribution in [0.2, 0.25) is 0 Å². The van der Waals surface area contributed by atoms with Crippen molar-refractivity contribution in [3.63, 3.8) is 0 Å². The Morgan fingerprint density at radius 2 is 1.74 bits per heavy atom. The molecule has 0 aromatic rings. The highest BCUT2D eigenvalue weighted by molar-refractivity contribution is 5.99. The standard InChI is InChI=1S/C30H49N3O5/c1-10-16-31(9)24(35)21-22-25(36)32(18-12-13-19-34)23(30(22)15-14-29(21,8)38-30)26(37)33(17-11-2)28(6,7)20-27(3,4)5/h10-11,21-23,34H,1-2,12-20H2,3-9H3/t21-,22+,23?,29+,30?/m1/s1. The van der Waals surface area contributed by atoms with E-state index in [1.807, 2.05) is 11.8 Å². The predicted molar refractivity (Wildman–Crippen MR) is 148 cm³/mol. The Morgan fingerprint density at radius 3 is 2.29 bits per heavy atom. The van der Waals surface area contributed by atoms with Gasteiger partial charge < -0.3 is 24.5 Å². The van der Waals surface area contributed by atoms with Crippen LogP contribution in [-0.2, 0) is 19.1 Å². The first-order valence-electron chi connectivity index (χ1n) is 14.0. The van der Waals surface area contributed by atoms with Crippen molar-refractivity contribution in [2.24, 2.45) is 17.3 Å². The van der Waals surface area contributed by atoms with Crippen molar-refractivity contribution in [1.82, 2.24) is 14.7 Å². The van der Waals surface area contributed by atoms with Gasteiger partial charge in [0.05, 0.1) is 17.4 Å². The van der Waals surface area contributed by atoms with Crippen molar-refractivity contribution in [2.75, 3.05) is 33.3 Å². The first-order valence-corrected chi connectivity index (χ1v) is 14.0. The lowest BCUT2D eigenvalue weighted by Crippen LogP contribution is -2.61. The fourth-order valence-corrected chi connectivity index (χ4v) is 7.54. The highest BCUT2D eigenvalue weighted by Crippen LogP contribution is 2.63. The summed E-state index contributed by atoms with van der Waals surface area (Å²) in [6, 6.07) is -0.831. The summed E-state index contributed by atoms with van der Waals surface area (Å²) in [7, 11) is 1.72. The summed E-state index contributed by atoms with van der Waals surface area (Å²) in [5.74, 6) is -1.88. The highest BCUT2D eigenvalue weighted by Gasteiger charge is 2.78. The number of carbonyl (C=O) groups is 3. The number of hydrogen-bond acceptors (Lipinski definition) is 5. The van der Waals surface area contributed by atoms with Crippen molar-refractivity contribution in [3.8, 4) is 0 Å². The summed E-state index contributed by atoms with van der Waals surface area (Å²) in [5.41, 5.74) is -2.40. The minimum absolute atomic E-state index is 0.0123. The lowest BCUT2D eigenvalue weighted by molar-refractivity contribution is -0.156. The molecule has 1 spiro atoms. The van der Waals surface area contributed by atoms with Gasteiger partial charge in [0, 0.05) is 38.8 Å². The summed E-state index contributed by atoms with van der Waals surface area (Å²) >= 11 is 0. The van der Waals surface area contributed by atoms with Gasteiger partial charge in [0.15, 0.2) is 0 Å². The average molecular weight is 532 g/mol. The van der Waals surface area contributed by atoms with Crippen molar-refractivity contribution in [2.45, 2.75) is 96.4 Å². The van der Waals surface area contributed by atoms with E-state index in [2.05, 4.69) is 47.8 Å². The molecule has 2 unspecified atom stereocenters. The van der Waals surface area contributed by atoms with Gasteiger partial charge >= 0.3 is 0 Å². The minimum atomic E-state index is -1.06. The van der Waals surface area contributed by atoms with Gasteiger partial charge in [-0.15, -0.1) is 13.2 Å². The molecule has 0 aliphatic carbocycles. The van der Waals surface area contributed by atoms with Gasteiger partial charge in [-0.2, -0.15) is 0 Å². The second-order valence-electron chi connectivity index (χ2n) is 13.5. The Labute approximate surface area is 229 Å². The third-order valence-electron chi connectivity index (χ3n) is 8.63. The van der Waals surface area contributed by atoms with Crippen LogP contribution in [0.25, 0.3) is 0 Å². The Kier molecular flexibility index (Phi) is 8.60. The van der Waals surface area contributed by atoms with Crippen LogP contribution >= 0.6 is 0 Å². The number of rotatable bonds is 12. The maximum atomic E-state index is 14.6. The summed E-state index contributed by atoms with van der Waals surface area (Å²) < 4.78 is 6.76. The van der Waals surface area contributed by atoms with Crippen LogP contribution < -0.4 is 0 Å². The molecule has 0 aromatic carbocycles. The first-order chi connectivity index (χ1) is 17.6. The van der Waals surface area contributed by atoms with Crippen molar-refractivity contribution < 1.29 is 24.2 Å². The SMILES string of the molecule is C=CCN(C)C(=O)[C@H]1[C@H]2C(=O)N(CCCCO)C(C(=O)N(CC=C)C(C)(C)CC(C)(C)C)C23CC[C@]1(C)O3. The molecule has 3 rings (SSSR count). The first kappa shape index (κ1) is 30.4. The Morgan fingerprint density at radius 1 is 1.11 bits per heavy atom. The van der Waals surface area contributed by atoms with Gasteiger partial charge in [-0.3, -0.25) is 14.4 Å². The zero-order valence-corrected chi connectivity index (χ0v) is 24.6. The number of hydrogen-bond donors (Lipinski definition) is 1. The number of fused-ring (bicyclic) bond motifs is 1. The fraction of sp³-hybridized carbons (Fsp3) is 0.767. The van der Waals surface area contributed by atoms with Gasteiger partial charge in [-0.25, -0.2) is 0 Å². The van der Waals surface area contributed by atoms with E-state index in [-0.39, 0.29) is 29.7 Å². The monoisotopic (exact) mass is 531 g/mol. The third-order valence-corrected chi connectivity index (χ3v) is 8.63. The van der Waals surface area contributed by atoms with E-state index in [0.29, 0.717) is 45.3 Å². The van der Waals surface area contributed by atoms with E-state index in [4.69, 9.17) is 4.74 Å². The molecule has 214 valence electrons. The third kappa shape index (κ3) is 5.18. The van der Waals surface area contributed by atoms with Crippen LogP contribution in [-0.4, -0.2) is 93.6 Å². The molecule has 3 fully saturated rings. The summed E-state index contributed by atoms with van der Waals surface area (Å²) in [6.45, 7) is 21.2. The molecule has 0 radical (unpaired) electrons. The van der Waals surface area contributed by atoms with Crippen LogP contribution in [0.3, 0.4) is 0 Å².